The summed E-state index contributed by atoms with van der Waals surface area (Å²) in [6.45, 7) is 2.56. The van der Waals surface area contributed by atoms with Crippen LogP contribution < -0.4 is 5.32 Å². The monoisotopic (exact) mass is 354 g/mol. The van der Waals surface area contributed by atoms with Gasteiger partial charge in [0, 0.05) is 25.2 Å². The second kappa shape index (κ2) is 6.32. The normalized spacial score (nSPS) is 17.2. The maximum atomic E-state index is 11.9. The zero-order chi connectivity index (χ0) is 17.3. The van der Waals surface area contributed by atoms with Crippen molar-refractivity contribution in [3.05, 3.63) is 28.4 Å². The summed E-state index contributed by atoms with van der Waals surface area (Å²) in [4.78, 5) is 14.4. The van der Waals surface area contributed by atoms with Gasteiger partial charge in [0.05, 0.1) is 5.75 Å². The molecular weight excluding hydrogens is 336 g/mol. The number of nitrogens with zero attached hydrogens (tertiary/aromatic N) is 5. The molecule has 0 amide bonds. The van der Waals surface area contributed by atoms with Crippen LogP contribution in [0.3, 0.4) is 0 Å². The molecule has 1 aliphatic rings. The number of nitrogens with one attached hydrogen (secondary N) is 1. The van der Waals surface area contributed by atoms with Gasteiger partial charge in [0.15, 0.2) is 5.82 Å². The molecule has 1 saturated heterocycles. The van der Waals surface area contributed by atoms with Crippen LogP contribution in [0.4, 0.5) is 11.6 Å². The third-order valence-electron chi connectivity index (χ3n) is 4.10. The van der Waals surface area contributed by atoms with Crippen LogP contribution in [0, 0.1) is 10.1 Å². The average molecular weight is 354 g/mol. The number of imidazole rings is 1. The topological polar surface area (TPSA) is 123 Å². The smallest absolute Gasteiger partial charge is 0.364 e. The number of fused-ring (bicyclic) bond motifs is 1. The van der Waals surface area contributed by atoms with Crippen LogP contribution in [0.15, 0.2) is 18.3 Å². The molecule has 2 aromatic heterocycles. The van der Waals surface area contributed by atoms with Gasteiger partial charge in [0.25, 0.3) is 0 Å². The Morgan fingerprint density at radius 2 is 2.08 bits per heavy atom. The van der Waals surface area contributed by atoms with E-state index in [1.807, 2.05) is 0 Å². The summed E-state index contributed by atoms with van der Waals surface area (Å²) < 4.78 is 26.4. The number of hydrogen-bond donors (Lipinski definition) is 1. The summed E-state index contributed by atoms with van der Waals surface area (Å²) >= 11 is 0. The molecule has 0 radical (unpaired) electrons. The van der Waals surface area contributed by atoms with Gasteiger partial charge in [-0.05, 0) is 30.8 Å². The van der Waals surface area contributed by atoms with Crippen LogP contribution in [-0.4, -0.2) is 57.1 Å². The quantitative estimate of drug-likeness (QED) is 0.624. The molecular formula is C13H18N6O4S. The van der Waals surface area contributed by atoms with E-state index in [4.69, 9.17) is 0 Å². The summed E-state index contributed by atoms with van der Waals surface area (Å²) in [5, 5.41) is 18.4. The van der Waals surface area contributed by atoms with Crippen molar-refractivity contribution in [3.8, 4) is 0 Å². The standard InChI is InChI=1S/C13H18N6O4S/c1-2-24(22,23)17-7-5-10(6-8-17)15-11-3-4-12-14-9-13(19(20)21)18(12)16-11/h3-4,9-10H,2,5-8H2,1H3,(H,15,16). The molecule has 2 aromatic rings. The molecule has 0 aliphatic carbocycles. The third kappa shape index (κ3) is 3.17. The Hall–Kier alpha value is -2.27. The van der Waals surface area contributed by atoms with E-state index in [1.165, 1.54) is 15.0 Å². The first-order chi connectivity index (χ1) is 11.4. The van der Waals surface area contributed by atoms with E-state index in [1.54, 1.807) is 19.1 Å². The van der Waals surface area contributed by atoms with Gasteiger partial charge in [0.1, 0.15) is 6.20 Å². The zero-order valence-electron chi connectivity index (χ0n) is 13.1. The van der Waals surface area contributed by atoms with Gasteiger partial charge < -0.3 is 15.4 Å². The summed E-state index contributed by atoms with van der Waals surface area (Å²) in [7, 11) is -3.15. The second-order valence-electron chi connectivity index (χ2n) is 5.58. The van der Waals surface area contributed by atoms with E-state index in [9.17, 15) is 18.5 Å². The van der Waals surface area contributed by atoms with Crippen LogP contribution in [0.1, 0.15) is 19.8 Å². The highest BCUT2D eigenvalue weighted by Gasteiger charge is 2.27. The maximum Gasteiger partial charge on any atom is 0.368 e. The fourth-order valence-corrected chi connectivity index (χ4v) is 3.87. The van der Waals surface area contributed by atoms with Crippen molar-refractivity contribution in [2.75, 3.05) is 24.2 Å². The SMILES string of the molecule is CCS(=O)(=O)N1CCC(Nc2ccc3ncc([N+](=O)[O-])n3n2)CC1. The number of rotatable bonds is 5. The Morgan fingerprint density at radius 3 is 2.71 bits per heavy atom. The molecule has 0 bridgehead atoms. The van der Waals surface area contributed by atoms with E-state index in [0.29, 0.717) is 37.4 Å². The maximum absolute atomic E-state index is 11.9. The summed E-state index contributed by atoms with van der Waals surface area (Å²) in [5.41, 5.74) is 0.399. The number of piperidine rings is 1. The van der Waals surface area contributed by atoms with Gasteiger partial charge >= 0.3 is 5.82 Å². The number of aromatic nitrogens is 3. The van der Waals surface area contributed by atoms with Crippen molar-refractivity contribution in [3.63, 3.8) is 0 Å². The molecule has 0 unspecified atom stereocenters. The highest BCUT2D eigenvalue weighted by atomic mass is 32.2. The van der Waals surface area contributed by atoms with E-state index in [-0.39, 0.29) is 17.6 Å². The molecule has 3 heterocycles. The Labute approximate surface area is 138 Å². The number of hydrogen-bond acceptors (Lipinski definition) is 7. The largest absolute Gasteiger partial charge is 0.368 e. The summed E-state index contributed by atoms with van der Waals surface area (Å²) in [6.07, 6.45) is 2.48. The highest BCUT2D eigenvalue weighted by Crippen LogP contribution is 2.19. The van der Waals surface area contributed by atoms with Gasteiger partial charge in [0.2, 0.25) is 15.7 Å². The van der Waals surface area contributed by atoms with E-state index in [0.717, 1.165) is 0 Å². The van der Waals surface area contributed by atoms with Crippen LogP contribution in [-0.2, 0) is 10.0 Å². The Morgan fingerprint density at radius 1 is 1.38 bits per heavy atom. The predicted octanol–water partition coefficient (Wildman–Crippen LogP) is 0.863. The van der Waals surface area contributed by atoms with Gasteiger partial charge in [-0.15, -0.1) is 0 Å². The van der Waals surface area contributed by atoms with Crippen LogP contribution in [0.25, 0.3) is 5.65 Å². The fraction of sp³-hybridized carbons (Fsp3) is 0.538. The first-order valence-electron chi connectivity index (χ1n) is 7.64. The summed E-state index contributed by atoms with van der Waals surface area (Å²) in [6, 6.07) is 3.43. The lowest BCUT2D eigenvalue weighted by atomic mass is 10.1. The summed E-state index contributed by atoms with van der Waals surface area (Å²) in [5.74, 6) is 0.408. The zero-order valence-corrected chi connectivity index (χ0v) is 13.9. The van der Waals surface area contributed by atoms with Crippen molar-refractivity contribution < 1.29 is 13.3 Å². The van der Waals surface area contributed by atoms with Crippen molar-refractivity contribution >= 4 is 27.3 Å². The molecule has 130 valence electrons. The van der Waals surface area contributed by atoms with Crippen LogP contribution in [0.5, 0.6) is 0 Å². The molecule has 24 heavy (non-hydrogen) atoms. The Kier molecular flexibility index (Phi) is 4.37. The Bertz CT molecular complexity index is 856. The fourth-order valence-electron chi connectivity index (χ4n) is 2.73. The second-order valence-corrected chi connectivity index (χ2v) is 7.84. The average Bonchev–Trinajstić information content (AvgIpc) is 2.99. The van der Waals surface area contributed by atoms with Crippen LogP contribution >= 0.6 is 0 Å². The lowest BCUT2D eigenvalue weighted by molar-refractivity contribution is -0.391. The molecule has 0 aromatic carbocycles. The minimum absolute atomic E-state index is 0.0702. The lowest BCUT2D eigenvalue weighted by Gasteiger charge is -2.31. The first kappa shape index (κ1) is 16.6. The van der Waals surface area contributed by atoms with E-state index < -0.39 is 14.9 Å². The Balaban J connectivity index is 1.70. The predicted molar refractivity (Wildman–Crippen MR) is 87.3 cm³/mol. The number of nitro groups is 1. The van der Waals surface area contributed by atoms with Gasteiger partial charge in [-0.2, -0.15) is 0 Å². The molecule has 3 rings (SSSR count). The molecule has 10 nitrogen and oxygen atoms in total. The minimum atomic E-state index is -3.15. The lowest BCUT2D eigenvalue weighted by Crippen LogP contribution is -2.43. The molecule has 0 spiro atoms. The molecule has 0 atom stereocenters. The van der Waals surface area contributed by atoms with E-state index >= 15 is 0 Å². The van der Waals surface area contributed by atoms with Crippen molar-refractivity contribution in [1.29, 1.82) is 0 Å². The van der Waals surface area contributed by atoms with Crippen LogP contribution in [0.2, 0.25) is 0 Å². The van der Waals surface area contributed by atoms with Gasteiger partial charge in [-0.1, -0.05) is 9.61 Å². The van der Waals surface area contributed by atoms with Gasteiger partial charge in [-0.25, -0.2) is 17.7 Å². The molecule has 1 aliphatic heterocycles. The molecule has 0 saturated carbocycles. The molecule has 1 N–H and O–H groups in total. The number of anilines is 1. The highest BCUT2D eigenvalue weighted by molar-refractivity contribution is 7.89. The number of sulfonamides is 1. The van der Waals surface area contributed by atoms with Crippen molar-refractivity contribution in [1.82, 2.24) is 18.9 Å². The molecule has 1 fully saturated rings. The van der Waals surface area contributed by atoms with Gasteiger partial charge in [-0.3, -0.25) is 0 Å². The third-order valence-corrected chi connectivity index (χ3v) is 5.98. The first-order valence-corrected chi connectivity index (χ1v) is 9.25. The minimum Gasteiger partial charge on any atom is -0.364 e. The molecule has 11 heteroatoms. The van der Waals surface area contributed by atoms with Crippen molar-refractivity contribution in [2.45, 2.75) is 25.8 Å². The van der Waals surface area contributed by atoms with Crippen molar-refractivity contribution in [2.24, 2.45) is 0 Å². The van der Waals surface area contributed by atoms with E-state index in [2.05, 4.69) is 15.4 Å².